The molecule has 1 aromatic carbocycles. The van der Waals surface area contributed by atoms with Crippen LogP contribution in [0.5, 0.6) is 5.75 Å². The molecule has 2 heterocycles. The lowest BCUT2D eigenvalue weighted by molar-refractivity contribution is -0.384. The molecule has 1 N–H and O–H groups in total. The lowest BCUT2D eigenvalue weighted by atomic mass is 10.1. The largest absolute Gasteiger partial charge is 0.508 e. The Kier molecular flexibility index (Phi) is 4.12. The van der Waals surface area contributed by atoms with Crippen LogP contribution in [0.1, 0.15) is 17.4 Å². The molecule has 3 rings (SSSR count). The van der Waals surface area contributed by atoms with Crippen LogP contribution in [0, 0.1) is 17.0 Å². The number of hydrogen-bond donors (Lipinski definition) is 1. The molecular weight excluding hydrogens is 298 g/mol. The van der Waals surface area contributed by atoms with Gasteiger partial charge in [0.25, 0.3) is 0 Å². The number of aryl methyl sites for hydroxylation is 1. The van der Waals surface area contributed by atoms with Gasteiger partial charge in [-0.3, -0.25) is 10.1 Å². The number of aromatic nitrogens is 1. The van der Waals surface area contributed by atoms with Crippen molar-refractivity contribution >= 4 is 11.5 Å². The van der Waals surface area contributed by atoms with E-state index in [-0.39, 0.29) is 17.5 Å². The van der Waals surface area contributed by atoms with Gasteiger partial charge in [-0.05, 0) is 30.7 Å². The van der Waals surface area contributed by atoms with Gasteiger partial charge >= 0.3 is 5.69 Å². The maximum atomic E-state index is 11.2. The summed E-state index contributed by atoms with van der Waals surface area (Å²) in [5, 5.41) is 20.9. The highest BCUT2D eigenvalue weighted by Gasteiger charge is 2.28. The van der Waals surface area contributed by atoms with Crippen molar-refractivity contribution < 1.29 is 14.8 Å². The zero-order valence-corrected chi connectivity index (χ0v) is 12.7. The summed E-state index contributed by atoms with van der Waals surface area (Å²) >= 11 is 0. The van der Waals surface area contributed by atoms with Crippen LogP contribution in [0.2, 0.25) is 0 Å². The van der Waals surface area contributed by atoms with Gasteiger partial charge in [-0.2, -0.15) is 0 Å². The van der Waals surface area contributed by atoms with Crippen molar-refractivity contribution in [3.8, 4) is 5.75 Å². The van der Waals surface area contributed by atoms with E-state index in [4.69, 9.17) is 4.74 Å². The molecule has 1 unspecified atom stereocenters. The number of morpholine rings is 1. The molecule has 2 aromatic rings. The number of ether oxygens (including phenoxy) is 1. The number of aromatic hydroxyl groups is 1. The third-order valence-corrected chi connectivity index (χ3v) is 3.80. The van der Waals surface area contributed by atoms with Gasteiger partial charge in [0.1, 0.15) is 11.9 Å². The number of nitrogens with zero attached hydrogens (tertiary/aromatic N) is 3. The van der Waals surface area contributed by atoms with E-state index in [1.807, 2.05) is 11.0 Å². The number of pyridine rings is 1. The third kappa shape index (κ3) is 3.24. The summed E-state index contributed by atoms with van der Waals surface area (Å²) in [7, 11) is 0. The van der Waals surface area contributed by atoms with Gasteiger partial charge in [0, 0.05) is 18.3 Å². The average Bonchev–Trinajstić information content (AvgIpc) is 2.54. The molecule has 7 nitrogen and oxygen atoms in total. The molecule has 1 aliphatic heterocycles. The van der Waals surface area contributed by atoms with Crippen molar-refractivity contribution in [2.24, 2.45) is 0 Å². The number of anilines is 1. The smallest absolute Gasteiger partial charge is 0.311 e. The Morgan fingerprint density at radius 2 is 2.22 bits per heavy atom. The summed E-state index contributed by atoms with van der Waals surface area (Å²) in [5.74, 6) is 0.534. The average molecular weight is 315 g/mol. The molecule has 7 heteroatoms. The van der Waals surface area contributed by atoms with Gasteiger partial charge in [-0.15, -0.1) is 0 Å². The molecule has 0 spiro atoms. The Bertz CT molecular complexity index is 735. The fraction of sp³-hybridized carbons (Fsp3) is 0.312. The van der Waals surface area contributed by atoms with Crippen LogP contribution in [0.15, 0.2) is 36.4 Å². The summed E-state index contributed by atoms with van der Waals surface area (Å²) in [6.45, 7) is 3.22. The van der Waals surface area contributed by atoms with Crippen LogP contribution in [-0.4, -0.2) is 34.7 Å². The maximum absolute atomic E-state index is 11.2. The highest BCUT2D eigenvalue weighted by atomic mass is 16.6. The first-order valence-corrected chi connectivity index (χ1v) is 7.32. The van der Waals surface area contributed by atoms with Crippen LogP contribution in [-0.2, 0) is 4.74 Å². The quantitative estimate of drug-likeness (QED) is 0.692. The van der Waals surface area contributed by atoms with Crippen LogP contribution >= 0.6 is 0 Å². The van der Waals surface area contributed by atoms with E-state index < -0.39 is 4.92 Å². The van der Waals surface area contributed by atoms with E-state index in [0.717, 1.165) is 11.3 Å². The van der Waals surface area contributed by atoms with Gasteiger partial charge in [0.15, 0.2) is 0 Å². The first-order chi connectivity index (χ1) is 11.0. The zero-order valence-electron chi connectivity index (χ0n) is 12.7. The van der Waals surface area contributed by atoms with Crippen molar-refractivity contribution in [2.45, 2.75) is 13.0 Å². The first-order valence-electron chi connectivity index (χ1n) is 7.32. The normalized spacial score (nSPS) is 18.0. The molecule has 23 heavy (non-hydrogen) atoms. The number of phenolic OH excluding ortho intramolecular Hbond substituents is 1. The number of phenols is 1. The van der Waals surface area contributed by atoms with Crippen molar-refractivity contribution in [2.75, 3.05) is 24.6 Å². The summed E-state index contributed by atoms with van der Waals surface area (Å²) in [4.78, 5) is 17.0. The molecule has 0 amide bonds. The molecule has 1 saturated heterocycles. The lowest BCUT2D eigenvalue weighted by Gasteiger charge is -2.33. The van der Waals surface area contributed by atoms with Crippen molar-refractivity contribution in [3.05, 3.63) is 57.8 Å². The van der Waals surface area contributed by atoms with E-state index in [1.54, 1.807) is 31.2 Å². The second-order valence-electron chi connectivity index (χ2n) is 5.45. The fourth-order valence-corrected chi connectivity index (χ4v) is 2.68. The van der Waals surface area contributed by atoms with Crippen LogP contribution in [0.25, 0.3) is 0 Å². The highest BCUT2D eigenvalue weighted by Crippen LogP contribution is 2.31. The predicted molar refractivity (Wildman–Crippen MR) is 84.6 cm³/mol. The Balaban J connectivity index is 1.90. The molecule has 0 saturated carbocycles. The Morgan fingerprint density at radius 1 is 1.39 bits per heavy atom. The molecule has 120 valence electrons. The molecule has 1 fully saturated rings. The number of benzene rings is 1. The molecule has 0 radical (unpaired) electrons. The Labute approximate surface area is 133 Å². The van der Waals surface area contributed by atoms with Gasteiger partial charge < -0.3 is 14.7 Å². The van der Waals surface area contributed by atoms with Gasteiger partial charge in [0.2, 0.25) is 5.82 Å². The minimum absolute atomic E-state index is 0.00726. The first kappa shape index (κ1) is 15.2. The number of nitro groups is 1. The van der Waals surface area contributed by atoms with Gasteiger partial charge in [0.05, 0.1) is 18.1 Å². The Hall–Kier alpha value is -2.67. The minimum Gasteiger partial charge on any atom is -0.508 e. The van der Waals surface area contributed by atoms with Crippen molar-refractivity contribution in [1.29, 1.82) is 0 Å². The summed E-state index contributed by atoms with van der Waals surface area (Å²) < 4.78 is 5.75. The second-order valence-corrected chi connectivity index (χ2v) is 5.45. The Morgan fingerprint density at radius 3 is 2.96 bits per heavy atom. The van der Waals surface area contributed by atoms with Crippen molar-refractivity contribution in [1.82, 2.24) is 4.98 Å². The molecule has 0 bridgehead atoms. The van der Waals surface area contributed by atoms with Crippen molar-refractivity contribution in [3.63, 3.8) is 0 Å². The standard InChI is InChI=1S/C16H17N3O4/c1-11-5-6-14(19(21)22)16(17-11)18-7-8-23-15(10-18)12-3-2-4-13(20)9-12/h2-6,9,15,20H,7-8,10H2,1H3. The third-order valence-electron chi connectivity index (χ3n) is 3.80. The topological polar surface area (TPSA) is 88.7 Å². The summed E-state index contributed by atoms with van der Waals surface area (Å²) in [6.07, 6.45) is -0.266. The minimum atomic E-state index is -0.416. The van der Waals surface area contributed by atoms with E-state index in [9.17, 15) is 15.2 Å². The highest BCUT2D eigenvalue weighted by molar-refractivity contribution is 5.58. The van der Waals surface area contributed by atoms with E-state index in [1.165, 1.54) is 6.07 Å². The van der Waals surface area contributed by atoms with Crippen LogP contribution < -0.4 is 4.90 Å². The summed E-state index contributed by atoms with van der Waals surface area (Å²) in [5.41, 5.74) is 1.56. The monoisotopic (exact) mass is 315 g/mol. The van der Waals surface area contributed by atoms with E-state index in [0.29, 0.717) is 25.5 Å². The molecule has 1 atom stereocenters. The van der Waals surface area contributed by atoms with E-state index >= 15 is 0 Å². The molecule has 0 aliphatic carbocycles. The van der Waals surface area contributed by atoms with Gasteiger partial charge in [-0.25, -0.2) is 4.98 Å². The number of hydrogen-bond acceptors (Lipinski definition) is 6. The lowest BCUT2D eigenvalue weighted by Crippen LogP contribution is -2.39. The predicted octanol–water partition coefficient (Wildman–Crippen LogP) is 2.58. The second kappa shape index (κ2) is 6.21. The zero-order chi connectivity index (χ0) is 16.4. The van der Waals surface area contributed by atoms with Crippen LogP contribution in [0.3, 0.4) is 0 Å². The molecule has 1 aliphatic rings. The van der Waals surface area contributed by atoms with Gasteiger partial charge in [-0.1, -0.05) is 12.1 Å². The fourth-order valence-electron chi connectivity index (χ4n) is 2.68. The molecule has 1 aromatic heterocycles. The molecular formula is C16H17N3O4. The summed E-state index contributed by atoms with van der Waals surface area (Å²) in [6, 6.07) is 9.97. The number of rotatable bonds is 3. The SMILES string of the molecule is Cc1ccc([N+](=O)[O-])c(N2CCOC(c3cccc(O)c3)C2)n1. The maximum Gasteiger partial charge on any atom is 0.311 e. The van der Waals surface area contributed by atoms with Crippen LogP contribution in [0.4, 0.5) is 11.5 Å². The van der Waals surface area contributed by atoms with E-state index in [2.05, 4.69) is 4.98 Å².